The molecule has 30 heavy (non-hydrogen) atoms. The van der Waals surface area contributed by atoms with Crippen LogP contribution in [0.25, 0.3) is 0 Å². The summed E-state index contributed by atoms with van der Waals surface area (Å²) in [5, 5.41) is 3.88. The molecule has 1 fully saturated rings. The summed E-state index contributed by atoms with van der Waals surface area (Å²) >= 11 is 12.1. The molecule has 3 rings (SSSR count). The van der Waals surface area contributed by atoms with Crippen LogP contribution in [0.4, 0.5) is 5.69 Å². The number of carbonyl (C=O) groups excluding carboxylic acids is 2. The van der Waals surface area contributed by atoms with Gasteiger partial charge in [0.25, 0.3) is 0 Å². The summed E-state index contributed by atoms with van der Waals surface area (Å²) in [7, 11) is 0. The van der Waals surface area contributed by atoms with E-state index < -0.39 is 0 Å². The minimum atomic E-state index is -0.139. The van der Waals surface area contributed by atoms with Gasteiger partial charge >= 0.3 is 0 Å². The van der Waals surface area contributed by atoms with Crippen molar-refractivity contribution in [3.8, 4) is 11.5 Å². The summed E-state index contributed by atoms with van der Waals surface area (Å²) < 4.78 is 5.91. The summed E-state index contributed by atoms with van der Waals surface area (Å²) in [4.78, 5) is 26.9. The highest BCUT2D eigenvalue weighted by Gasteiger charge is 2.28. The van der Waals surface area contributed by atoms with Crippen LogP contribution in [0.1, 0.15) is 33.1 Å². The largest absolute Gasteiger partial charge is 0.454 e. The Balaban J connectivity index is 1.62. The number of ether oxygens (including phenoxy) is 1. The number of piperidine rings is 1. The molecule has 7 heteroatoms. The van der Waals surface area contributed by atoms with E-state index in [-0.39, 0.29) is 17.7 Å². The van der Waals surface area contributed by atoms with E-state index in [1.54, 1.807) is 30.3 Å². The molecule has 5 nitrogen and oxygen atoms in total. The molecule has 1 saturated heterocycles. The topological polar surface area (TPSA) is 58.6 Å². The van der Waals surface area contributed by atoms with Crippen LogP contribution in [0.5, 0.6) is 11.5 Å². The van der Waals surface area contributed by atoms with Gasteiger partial charge in [-0.2, -0.15) is 0 Å². The maximum absolute atomic E-state index is 12.8. The van der Waals surface area contributed by atoms with Crippen molar-refractivity contribution in [2.24, 2.45) is 11.8 Å². The lowest BCUT2D eigenvalue weighted by Crippen LogP contribution is -2.41. The molecule has 0 saturated carbocycles. The lowest BCUT2D eigenvalue weighted by molar-refractivity contribution is -0.135. The van der Waals surface area contributed by atoms with Crippen LogP contribution in [0.3, 0.4) is 0 Å². The van der Waals surface area contributed by atoms with E-state index in [0.717, 1.165) is 0 Å². The molecule has 0 spiro atoms. The van der Waals surface area contributed by atoms with E-state index in [0.29, 0.717) is 65.5 Å². The zero-order valence-corrected chi connectivity index (χ0v) is 18.7. The Labute approximate surface area is 187 Å². The van der Waals surface area contributed by atoms with Gasteiger partial charge < -0.3 is 15.0 Å². The second kappa shape index (κ2) is 10.2. The average Bonchev–Trinajstić information content (AvgIpc) is 2.71. The number of anilines is 1. The van der Waals surface area contributed by atoms with Crippen molar-refractivity contribution in [2.45, 2.75) is 33.1 Å². The third-order valence-corrected chi connectivity index (χ3v) is 5.59. The van der Waals surface area contributed by atoms with Crippen LogP contribution in [0.2, 0.25) is 10.0 Å². The number of hydrogen-bond acceptors (Lipinski definition) is 3. The molecule has 0 unspecified atom stereocenters. The van der Waals surface area contributed by atoms with Crippen molar-refractivity contribution >= 4 is 40.7 Å². The fourth-order valence-corrected chi connectivity index (χ4v) is 3.89. The number of nitrogens with zero attached hydrogens (tertiary/aromatic N) is 1. The molecule has 2 amide bonds. The predicted octanol–water partition coefficient (Wildman–Crippen LogP) is 6.01. The normalized spacial score (nSPS) is 14.6. The summed E-state index contributed by atoms with van der Waals surface area (Å²) in [6.07, 6.45) is 1.86. The first-order valence-corrected chi connectivity index (χ1v) is 10.9. The standard InChI is InChI=1S/C23H26Cl2N2O3/c1-15(2)13-22(28)27-11-9-16(10-12-27)23(29)26-19-5-3-4-6-21(19)30-20-8-7-17(24)14-18(20)25/h3-8,14-16H,9-13H2,1-2H3,(H,26,29). The molecule has 0 aliphatic carbocycles. The van der Waals surface area contributed by atoms with E-state index >= 15 is 0 Å². The van der Waals surface area contributed by atoms with Crippen LogP contribution in [-0.2, 0) is 9.59 Å². The number of nitrogens with one attached hydrogen (secondary N) is 1. The van der Waals surface area contributed by atoms with E-state index in [4.69, 9.17) is 27.9 Å². The number of halogens is 2. The Hall–Kier alpha value is -2.24. The highest BCUT2D eigenvalue weighted by molar-refractivity contribution is 6.35. The number of likely N-dealkylation sites (tertiary alicyclic amines) is 1. The van der Waals surface area contributed by atoms with Gasteiger partial charge in [-0.15, -0.1) is 0 Å². The third kappa shape index (κ3) is 5.89. The predicted molar refractivity (Wildman–Crippen MR) is 120 cm³/mol. The monoisotopic (exact) mass is 448 g/mol. The molecule has 2 aromatic rings. The van der Waals surface area contributed by atoms with Crippen LogP contribution in [0.15, 0.2) is 42.5 Å². The molecule has 0 bridgehead atoms. The first-order valence-electron chi connectivity index (χ1n) is 10.1. The lowest BCUT2D eigenvalue weighted by atomic mass is 9.95. The Morgan fingerprint density at radius 3 is 2.47 bits per heavy atom. The summed E-state index contributed by atoms with van der Waals surface area (Å²) in [6, 6.07) is 12.2. The lowest BCUT2D eigenvalue weighted by Gasteiger charge is -2.32. The highest BCUT2D eigenvalue weighted by Crippen LogP contribution is 2.35. The summed E-state index contributed by atoms with van der Waals surface area (Å²) in [5.41, 5.74) is 0.576. The highest BCUT2D eigenvalue weighted by atomic mass is 35.5. The van der Waals surface area contributed by atoms with E-state index in [2.05, 4.69) is 5.32 Å². The Kier molecular flexibility index (Phi) is 7.62. The van der Waals surface area contributed by atoms with Crippen molar-refractivity contribution in [2.75, 3.05) is 18.4 Å². The Morgan fingerprint density at radius 2 is 1.80 bits per heavy atom. The Bertz CT molecular complexity index is 909. The SMILES string of the molecule is CC(C)CC(=O)N1CCC(C(=O)Nc2ccccc2Oc2ccc(Cl)cc2Cl)CC1. The average molecular weight is 449 g/mol. The summed E-state index contributed by atoms with van der Waals surface area (Å²) in [5.74, 6) is 1.26. The van der Waals surface area contributed by atoms with Crippen LogP contribution in [0, 0.1) is 11.8 Å². The first-order chi connectivity index (χ1) is 14.3. The number of para-hydroxylation sites is 2. The molecule has 1 N–H and O–H groups in total. The van der Waals surface area contributed by atoms with Gasteiger partial charge in [0.1, 0.15) is 5.75 Å². The smallest absolute Gasteiger partial charge is 0.227 e. The Morgan fingerprint density at radius 1 is 1.10 bits per heavy atom. The quantitative estimate of drug-likeness (QED) is 0.588. The van der Waals surface area contributed by atoms with Gasteiger partial charge in [-0.3, -0.25) is 9.59 Å². The molecule has 0 atom stereocenters. The minimum Gasteiger partial charge on any atom is -0.454 e. The van der Waals surface area contributed by atoms with Crippen molar-refractivity contribution < 1.29 is 14.3 Å². The fraction of sp³-hybridized carbons (Fsp3) is 0.391. The molecule has 160 valence electrons. The van der Waals surface area contributed by atoms with Crippen LogP contribution in [-0.4, -0.2) is 29.8 Å². The number of rotatable bonds is 6. The number of amides is 2. The van der Waals surface area contributed by atoms with Crippen LogP contribution >= 0.6 is 23.2 Å². The number of carbonyl (C=O) groups is 2. The molecular weight excluding hydrogens is 423 g/mol. The van der Waals surface area contributed by atoms with Crippen molar-refractivity contribution in [3.05, 3.63) is 52.5 Å². The zero-order valence-electron chi connectivity index (χ0n) is 17.2. The van der Waals surface area contributed by atoms with E-state index in [1.165, 1.54) is 0 Å². The van der Waals surface area contributed by atoms with Gasteiger partial charge in [0.05, 0.1) is 10.7 Å². The summed E-state index contributed by atoms with van der Waals surface area (Å²) in [6.45, 7) is 5.30. The second-order valence-corrected chi connectivity index (χ2v) is 8.76. The van der Waals surface area contributed by atoms with Crippen molar-refractivity contribution in [1.82, 2.24) is 4.90 Å². The molecule has 0 radical (unpaired) electrons. The maximum atomic E-state index is 12.8. The molecule has 0 aromatic heterocycles. The third-order valence-electron chi connectivity index (χ3n) is 5.06. The van der Waals surface area contributed by atoms with Gasteiger partial charge in [0.15, 0.2) is 5.75 Å². The van der Waals surface area contributed by atoms with Gasteiger partial charge in [-0.05, 0) is 49.1 Å². The van der Waals surface area contributed by atoms with E-state index in [9.17, 15) is 9.59 Å². The molecular formula is C23H26Cl2N2O3. The molecule has 1 aliphatic rings. The number of hydrogen-bond donors (Lipinski definition) is 1. The number of benzene rings is 2. The van der Waals surface area contributed by atoms with Gasteiger partial charge in [-0.1, -0.05) is 49.2 Å². The van der Waals surface area contributed by atoms with Gasteiger partial charge in [0.2, 0.25) is 11.8 Å². The minimum absolute atomic E-state index is 0.0655. The van der Waals surface area contributed by atoms with E-state index in [1.807, 2.05) is 30.9 Å². The second-order valence-electron chi connectivity index (χ2n) is 7.92. The van der Waals surface area contributed by atoms with Crippen LogP contribution < -0.4 is 10.1 Å². The molecule has 1 aliphatic heterocycles. The molecule has 2 aromatic carbocycles. The van der Waals surface area contributed by atoms with Gasteiger partial charge in [-0.25, -0.2) is 0 Å². The molecule has 1 heterocycles. The first kappa shape index (κ1) is 22.4. The van der Waals surface area contributed by atoms with Crippen molar-refractivity contribution in [3.63, 3.8) is 0 Å². The van der Waals surface area contributed by atoms with Crippen molar-refractivity contribution in [1.29, 1.82) is 0 Å². The zero-order chi connectivity index (χ0) is 21.7. The maximum Gasteiger partial charge on any atom is 0.227 e. The fourth-order valence-electron chi connectivity index (χ4n) is 3.44. The van der Waals surface area contributed by atoms with Gasteiger partial charge in [0, 0.05) is 30.5 Å².